The molecule has 0 aliphatic carbocycles. The molecular formula is C60H36N6S. The SMILES string of the molecule is c1ccc(-c2nc(-c3ccccc3)nc(-n3c4ccccc4c4cc(-c5cc(-c6ccc7c8ccccc8n(-c8ccc9sc%10ccncc%10c9c8)c7c6)c6ccccc6c5)ccc43)n2)cc1. The molecule has 0 N–H and O–H groups in total. The van der Waals surface area contributed by atoms with E-state index in [1.54, 1.807) is 0 Å². The van der Waals surface area contributed by atoms with E-state index >= 15 is 0 Å². The molecule has 14 aromatic rings. The Morgan fingerprint density at radius 3 is 1.75 bits per heavy atom. The van der Waals surface area contributed by atoms with Gasteiger partial charge in [0.25, 0.3) is 0 Å². The van der Waals surface area contributed by atoms with Crippen LogP contribution in [-0.4, -0.2) is 29.1 Å². The number of fused-ring (bicyclic) bond motifs is 10. The van der Waals surface area contributed by atoms with Gasteiger partial charge in [-0.2, -0.15) is 9.97 Å². The highest BCUT2D eigenvalue weighted by Gasteiger charge is 2.20. The normalized spacial score (nSPS) is 11.9. The molecule has 0 aliphatic rings. The first kappa shape index (κ1) is 37.6. The van der Waals surface area contributed by atoms with Crippen LogP contribution in [0.3, 0.4) is 0 Å². The lowest BCUT2D eigenvalue weighted by atomic mass is 9.92. The first-order valence-corrected chi connectivity index (χ1v) is 23.3. The van der Waals surface area contributed by atoms with Gasteiger partial charge < -0.3 is 4.57 Å². The standard InChI is InChI=1S/C60H36N6S/c1-3-13-37(14-4-1)58-62-59(38-15-5-2-6-16-38)64-60(63-58)66-53-22-12-10-20-46(53)49-32-39(24-27-54(49)66)42-31-40-17-7-8-18-44(40)48(33-42)41-23-26-47-45-19-9-11-21-52(45)65(55(47)34-41)43-25-28-56-50(35-43)51-36-61-30-29-57(51)67-56/h1-36H. The smallest absolute Gasteiger partial charge is 0.238 e. The van der Waals surface area contributed by atoms with E-state index in [0.29, 0.717) is 17.6 Å². The second-order valence-electron chi connectivity index (χ2n) is 17.1. The number of thiophene rings is 1. The zero-order valence-electron chi connectivity index (χ0n) is 35.9. The van der Waals surface area contributed by atoms with Crippen molar-refractivity contribution in [1.82, 2.24) is 29.1 Å². The Kier molecular flexibility index (Phi) is 8.35. The Balaban J connectivity index is 0.945. The van der Waals surface area contributed by atoms with Crippen LogP contribution in [-0.2, 0) is 0 Å². The van der Waals surface area contributed by atoms with Gasteiger partial charge in [0, 0.05) is 70.9 Å². The molecule has 9 aromatic carbocycles. The van der Waals surface area contributed by atoms with Crippen molar-refractivity contribution in [2.75, 3.05) is 0 Å². The van der Waals surface area contributed by atoms with E-state index < -0.39 is 0 Å². The van der Waals surface area contributed by atoms with Gasteiger partial charge in [0.1, 0.15) is 0 Å². The summed E-state index contributed by atoms with van der Waals surface area (Å²) in [6.07, 6.45) is 3.87. The van der Waals surface area contributed by atoms with Crippen molar-refractivity contribution in [2.24, 2.45) is 0 Å². The van der Waals surface area contributed by atoms with Crippen LogP contribution in [0.2, 0.25) is 0 Å². The number of hydrogen-bond acceptors (Lipinski definition) is 5. The molecule has 67 heavy (non-hydrogen) atoms. The van der Waals surface area contributed by atoms with Crippen LogP contribution in [0.25, 0.3) is 131 Å². The van der Waals surface area contributed by atoms with E-state index in [1.807, 2.05) is 84.4 Å². The van der Waals surface area contributed by atoms with Gasteiger partial charge in [0.05, 0.1) is 22.1 Å². The predicted molar refractivity (Wildman–Crippen MR) is 278 cm³/mol. The van der Waals surface area contributed by atoms with Crippen molar-refractivity contribution < 1.29 is 0 Å². The summed E-state index contributed by atoms with van der Waals surface area (Å²) in [4.78, 5) is 19.8. The Hall–Kier alpha value is -8.78. The highest BCUT2D eigenvalue weighted by molar-refractivity contribution is 7.25. The molecule has 0 atom stereocenters. The fraction of sp³-hybridized carbons (Fsp3) is 0. The summed E-state index contributed by atoms with van der Waals surface area (Å²) in [6.45, 7) is 0. The van der Waals surface area contributed by atoms with Gasteiger partial charge in [-0.15, -0.1) is 11.3 Å². The van der Waals surface area contributed by atoms with Gasteiger partial charge in [0.15, 0.2) is 11.6 Å². The van der Waals surface area contributed by atoms with Crippen LogP contribution in [0.1, 0.15) is 0 Å². The van der Waals surface area contributed by atoms with Crippen LogP contribution in [0.4, 0.5) is 0 Å². The highest BCUT2D eigenvalue weighted by Crippen LogP contribution is 2.42. The van der Waals surface area contributed by atoms with Gasteiger partial charge in [-0.05, 0) is 99.8 Å². The Morgan fingerprint density at radius 2 is 0.970 bits per heavy atom. The van der Waals surface area contributed by atoms with Crippen LogP contribution in [0.15, 0.2) is 219 Å². The summed E-state index contributed by atoms with van der Waals surface area (Å²) in [5.41, 5.74) is 12.0. The van der Waals surface area contributed by atoms with E-state index in [0.717, 1.165) is 55.3 Å². The average molecular weight is 873 g/mol. The second kappa shape index (κ2) is 14.9. The van der Waals surface area contributed by atoms with Crippen molar-refractivity contribution in [2.45, 2.75) is 0 Å². The number of hydrogen-bond donors (Lipinski definition) is 0. The minimum Gasteiger partial charge on any atom is -0.309 e. The summed E-state index contributed by atoms with van der Waals surface area (Å²) in [6, 6.07) is 73.8. The van der Waals surface area contributed by atoms with Gasteiger partial charge in [0.2, 0.25) is 5.95 Å². The zero-order valence-corrected chi connectivity index (χ0v) is 36.7. The molecule has 0 saturated heterocycles. The highest BCUT2D eigenvalue weighted by atomic mass is 32.1. The molecule has 0 fully saturated rings. The molecule has 0 amide bonds. The fourth-order valence-electron chi connectivity index (χ4n) is 10.1. The van der Waals surface area contributed by atoms with E-state index in [-0.39, 0.29) is 0 Å². The number of benzene rings is 9. The molecule has 14 rings (SSSR count). The Bertz CT molecular complexity index is 4220. The lowest BCUT2D eigenvalue weighted by Gasteiger charge is -2.13. The van der Waals surface area contributed by atoms with Gasteiger partial charge in [-0.1, -0.05) is 140 Å². The van der Waals surface area contributed by atoms with E-state index in [2.05, 4.69) is 160 Å². The molecule has 0 saturated carbocycles. The molecule has 5 aromatic heterocycles. The minimum absolute atomic E-state index is 0.577. The predicted octanol–water partition coefficient (Wildman–Crippen LogP) is 15.6. The summed E-state index contributed by atoms with van der Waals surface area (Å²) in [5.74, 6) is 1.83. The lowest BCUT2D eigenvalue weighted by Crippen LogP contribution is -2.06. The van der Waals surface area contributed by atoms with Gasteiger partial charge in [-0.25, -0.2) is 4.98 Å². The summed E-state index contributed by atoms with van der Waals surface area (Å²) in [7, 11) is 0. The van der Waals surface area contributed by atoms with Crippen LogP contribution in [0, 0.1) is 0 Å². The third kappa shape index (κ3) is 6.02. The second-order valence-corrected chi connectivity index (χ2v) is 18.2. The quantitative estimate of drug-likeness (QED) is 0.167. The van der Waals surface area contributed by atoms with E-state index in [4.69, 9.17) is 15.0 Å². The summed E-state index contributed by atoms with van der Waals surface area (Å²) in [5, 5.41) is 9.54. The molecular weight excluding hydrogens is 837 g/mol. The van der Waals surface area contributed by atoms with Gasteiger partial charge in [-0.3, -0.25) is 9.55 Å². The van der Waals surface area contributed by atoms with Crippen molar-refractivity contribution in [1.29, 1.82) is 0 Å². The average Bonchev–Trinajstić information content (AvgIpc) is 4.05. The molecule has 0 bridgehead atoms. The molecule has 0 aliphatic heterocycles. The van der Waals surface area contributed by atoms with Crippen LogP contribution in [0.5, 0.6) is 0 Å². The van der Waals surface area contributed by atoms with Gasteiger partial charge >= 0.3 is 0 Å². The molecule has 312 valence electrons. The third-order valence-electron chi connectivity index (χ3n) is 13.3. The Morgan fingerprint density at radius 1 is 0.343 bits per heavy atom. The third-order valence-corrected chi connectivity index (χ3v) is 14.4. The maximum absolute atomic E-state index is 5.15. The maximum atomic E-state index is 5.15. The Labute approximate surface area is 388 Å². The van der Waals surface area contributed by atoms with Crippen LogP contribution < -0.4 is 0 Å². The fourth-order valence-corrected chi connectivity index (χ4v) is 11.2. The molecule has 0 radical (unpaired) electrons. The molecule has 7 heteroatoms. The molecule has 0 spiro atoms. The topological polar surface area (TPSA) is 61.4 Å². The molecule has 0 unspecified atom stereocenters. The monoisotopic (exact) mass is 872 g/mol. The lowest BCUT2D eigenvalue weighted by molar-refractivity contribution is 0.953. The maximum Gasteiger partial charge on any atom is 0.238 e. The zero-order chi connectivity index (χ0) is 44.0. The molecule has 6 nitrogen and oxygen atoms in total. The summed E-state index contributed by atoms with van der Waals surface area (Å²) < 4.78 is 7.13. The largest absolute Gasteiger partial charge is 0.309 e. The van der Waals surface area contributed by atoms with E-state index in [1.165, 1.54) is 58.3 Å². The van der Waals surface area contributed by atoms with Crippen molar-refractivity contribution in [3.05, 3.63) is 219 Å². The number of nitrogens with zero attached hydrogens (tertiary/aromatic N) is 6. The molecule has 5 heterocycles. The first-order chi connectivity index (χ1) is 33.2. The van der Waals surface area contributed by atoms with Crippen molar-refractivity contribution in [3.8, 4) is 56.7 Å². The minimum atomic E-state index is 0.577. The van der Waals surface area contributed by atoms with E-state index in [9.17, 15) is 0 Å². The summed E-state index contributed by atoms with van der Waals surface area (Å²) >= 11 is 1.82. The first-order valence-electron chi connectivity index (χ1n) is 22.4. The number of rotatable bonds is 6. The number of para-hydroxylation sites is 2. The number of pyridine rings is 1. The van der Waals surface area contributed by atoms with Crippen molar-refractivity contribution in [3.63, 3.8) is 0 Å². The van der Waals surface area contributed by atoms with Crippen molar-refractivity contribution >= 4 is 85.9 Å². The number of aromatic nitrogens is 6. The van der Waals surface area contributed by atoms with Crippen LogP contribution >= 0.6 is 11.3 Å².